The molecule has 11 aromatic rings. The summed E-state index contributed by atoms with van der Waals surface area (Å²) in [6.07, 6.45) is 0. The van der Waals surface area contributed by atoms with Gasteiger partial charge in [0.05, 0.1) is 51.6 Å². The molecule has 0 saturated heterocycles. The van der Waals surface area contributed by atoms with Crippen molar-refractivity contribution in [1.29, 1.82) is 5.26 Å². The van der Waals surface area contributed by atoms with Gasteiger partial charge in [-0.05, 0) is 99.8 Å². The summed E-state index contributed by atoms with van der Waals surface area (Å²) in [7, 11) is 0. The van der Waals surface area contributed by atoms with Gasteiger partial charge in [0.2, 0.25) is 0 Å². The SMILES string of the molecule is [C-]#[N+]c1ccccc1-c1ccc(-n2c3ccccc3c3cc(C(C)(C)C)ccc32)c(-c2nc(-c3ccccc3)nc(-c3ccc(C#N)cc3-n3c4ccccc4c4cc(C(C)(C)C)ccc43)n2)c1. The van der Waals surface area contributed by atoms with Crippen molar-refractivity contribution in [3.8, 4) is 62.7 Å². The lowest BCUT2D eigenvalue weighted by Gasteiger charge is -2.20. The third kappa shape index (κ3) is 7.08. The van der Waals surface area contributed by atoms with E-state index < -0.39 is 0 Å². The second-order valence-corrected chi connectivity index (χ2v) is 19.5. The van der Waals surface area contributed by atoms with Crippen LogP contribution in [0, 0.1) is 17.9 Å². The Morgan fingerprint density at radius 3 is 1.57 bits per heavy atom. The molecule has 0 unspecified atom stereocenters. The number of hydrogen-bond acceptors (Lipinski definition) is 4. The van der Waals surface area contributed by atoms with Gasteiger partial charge in [-0.2, -0.15) is 5.26 Å². The largest absolute Gasteiger partial charge is 0.309 e. The first-order chi connectivity index (χ1) is 32.9. The van der Waals surface area contributed by atoms with E-state index in [1.165, 1.54) is 11.1 Å². The minimum Gasteiger partial charge on any atom is -0.309 e. The average Bonchev–Trinajstić information content (AvgIpc) is 3.87. The molecule has 7 heteroatoms. The van der Waals surface area contributed by atoms with Crippen molar-refractivity contribution >= 4 is 49.3 Å². The van der Waals surface area contributed by atoms with Crippen LogP contribution in [0.4, 0.5) is 5.69 Å². The zero-order valence-electron chi connectivity index (χ0n) is 38.9. The zero-order chi connectivity index (χ0) is 46.9. The van der Waals surface area contributed by atoms with E-state index in [2.05, 4.69) is 165 Å². The summed E-state index contributed by atoms with van der Waals surface area (Å²) in [4.78, 5) is 20.1. The summed E-state index contributed by atoms with van der Waals surface area (Å²) in [5.41, 5.74) is 13.3. The molecule has 0 bridgehead atoms. The standard InChI is InChI=1S/C61H47N7/c1-60(2,3)41-27-31-53-47(35-41)44-20-12-15-23-51(44)67(53)55-30-26-40(43-19-11-14-22-50(43)63-7)34-49(55)59-65-57(39-17-9-8-10-18-39)64-58(66-59)46-29-25-38(37-62)33-56(46)68-52-24-16-13-21-45(52)48-36-42(61(4,5)6)28-32-54(48)68/h8-36H,1-6H3. The number of hydrogen-bond donors (Lipinski definition) is 0. The van der Waals surface area contributed by atoms with Crippen LogP contribution in [0.3, 0.4) is 0 Å². The summed E-state index contributed by atoms with van der Waals surface area (Å²) in [5.74, 6) is 1.43. The number of aromatic nitrogens is 5. The Morgan fingerprint density at radius 1 is 0.441 bits per heavy atom. The molecule has 11 rings (SSSR count). The van der Waals surface area contributed by atoms with E-state index in [0.717, 1.165) is 82.8 Å². The Balaban J connectivity index is 1.23. The summed E-state index contributed by atoms with van der Waals surface area (Å²) in [6.45, 7) is 21.6. The number of nitriles is 1. The summed E-state index contributed by atoms with van der Waals surface area (Å²) in [5, 5.41) is 15.0. The molecule has 0 atom stereocenters. The third-order valence-electron chi connectivity index (χ3n) is 13.2. The van der Waals surface area contributed by atoms with Gasteiger partial charge in [-0.25, -0.2) is 19.8 Å². The van der Waals surface area contributed by atoms with Gasteiger partial charge in [-0.3, -0.25) is 0 Å². The lowest BCUT2D eigenvalue weighted by Crippen LogP contribution is -2.10. The third-order valence-corrected chi connectivity index (χ3v) is 13.2. The van der Waals surface area contributed by atoms with Crippen molar-refractivity contribution in [1.82, 2.24) is 24.1 Å². The Hall–Kier alpha value is -8.65. The number of benzene rings is 8. The van der Waals surface area contributed by atoms with Crippen LogP contribution in [-0.4, -0.2) is 24.1 Å². The molecular weight excluding hydrogens is 831 g/mol. The van der Waals surface area contributed by atoms with Crippen LogP contribution in [-0.2, 0) is 10.8 Å². The minimum atomic E-state index is -0.0544. The quantitative estimate of drug-likeness (QED) is 0.156. The van der Waals surface area contributed by atoms with Gasteiger partial charge in [-0.15, -0.1) is 0 Å². The highest BCUT2D eigenvalue weighted by atomic mass is 15.1. The van der Waals surface area contributed by atoms with E-state index in [1.54, 1.807) is 0 Å². The van der Waals surface area contributed by atoms with E-state index in [4.69, 9.17) is 21.5 Å². The molecule has 68 heavy (non-hydrogen) atoms. The van der Waals surface area contributed by atoms with E-state index in [0.29, 0.717) is 28.7 Å². The molecule has 0 aliphatic carbocycles. The Bertz CT molecular complexity index is 3900. The number of nitrogens with zero attached hydrogens (tertiary/aromatic N) is 7. The summed E-state index contributed by atoms with van der Waals surface area (Å²) < 4.78 is 4.57. The van der Waals surface area contributed by atoms with Crippen LogP contribution >= 0.6 is 0 Å². The fraction of sp³-hybridized carbons (Fsp3) is 0.131. The zero-order valence-corrected chi connectivity index (χ0v) is 38.9. The lowest BCUT2D eigenvalue weighted by molar-refractivity contribution is 0.591. The Morgan fingerprint density at radius 2 is 0.971 bits per heavy atom. The van der Waals surface area contributed by atoms with Crippen molar-refractivity contribution in [3.63, 3.8) is 0 Å². The fourth-order valence-electron chi connectivity index (χ4n) is 9.60. The van der Waals surface area contributed by atoms with Gasteiger partial charge in [-0.1, -0.05) is 151 Å². The first-order valence-electron chi connectivity index (χ1n) is 22.9. The van der Waals surface area contributed by atoms with E-state index in [-0.39, 0.29) is 10.8 Å². The summed E-state index contributed by atoms with van der Waals surface area (Å²) in [6, 6.07) is 62.7. The first-order valence-corrected chi connectivity index (χ1v) is 22.9. The van der Waals surface area contributed by atoms with E-state index in [9.17, 15) is 5.26 Å². The predicted molar refractivity (Wildman–Crippen MR) is 279 cm³/mol. The van der Waals surface area contributed by atoms with Crippen molar-refractivity contribution < 1.29 is 0 Å². The minimum absolute atomic E-state index is 0.0471. The maximum absolute atomic E-state index is 10.4. The molecule has 0 radical (unpaired) electrons. The van der Waals surface area contributed by atoms with Crippen LogP contribution in [0.25, 0.3) is 105 Å². The molecule has 3 heterocycles. The second-order valence-electron chi connectivity index (χ2n) is 19.5. The molecule has 8 aromatic carbocycles. The predicted octanol–water partition coefficient (Wildman–Crippen LogP) is 15.8. The molecular formula is C61H47N7. The van der Waals surface area contributed by atoms with Crippen molar-refractivity contribution in [3.05, 3.63) is 204 Å². The van der Waals surface area contributed by atoms with Gasteiger partial charge >= 0.3 is 0 Å². The van der Waals surface area contributed by atoms with Gasteiger partial charge in [0.15, 0.2) is 23.2 Å². The molecule has 7 nitrogen and oxygen atoms in total. The molecule has 0 saturated carbocycles. The maximum atomic E-state index is 10.4. The highest BCUT2D eigenvalue weighted by Gasteiger charge is 2.25. The summed E-state index contributed by atoms with van der Waals surface area (Å²) >= 11 is 0. The highest BCUT2D eigenvalue weighted by Crippen LogP contribution is 2.43. The van der Waals surface area contributed by atoms with Crippen LogP contribution in [0.5, 0.6) is 0 Å². The van der Waals surface area contributed by atoms with Gasteiger partial charge in [0.25, 0.3) is 0 Å². The topological polar surface area (TPSA) is 76.7 Å². The molecule has 0 aliphatic rings. The average molecular weight is 878 g/mol. The van der Waals surface area contributed by atoms with Crippen LogP contribution in [0.15, 0.2) is 176 Å². The molecule has 326 valence electrons. The molecule has 0 spiro atoms. The van der Waals surface area contributed by atoms with Crippen molar-refractivity contribution in [2.75, 3.05) is 0 Å². The number of rotatable bonds is 6. The lowest BCUT2D eigenvalue weighted by atomic mass is 9.86. The second kappa shape index (κ2) is 16.0. The molecule has 3 aromatic heterocycles. The normalized spacial score (nSPS) is 11.9. The van der Waals surface area contributed by atoms with E-state index >= 15 is 0 Å². The first kappa shape index (κ1) is 42.0. The monoisotopic (exact) mass is 877 g/mol. The highest BCUT2D eigenvalue weighted by molar-refractivity contribution is 6.11. The van der Waals surface area contributed by atoms with Gasteiger partial charge < -0.3 is 9.13 Å². The number of para-hydroxylation sites is 3. The van der Waals surface area contributed by atoms with E-state index in [1.807, 2.05) is 72.8 Å². The van der Waals surface area contributed by atoms with Crippen LogP contribution in [0.2, 0.25) is 0 Å². The maximum Gasteiger partial charge on any atom is 0.194 e. The fourth-order valence-corrected chi connectivity index (χ4v) is 9.60. The molecule has 0 fully saturated rings. The molecule has 0 aliphatic heterocycles. The van der Waals surface area contributed by atoms with Gasteiger partial charge in [0.1, 0.15) is 0 Å². The van der Waals surface area contributed by atoms with Gasteiger partial charge in [0, 0.05) is 38.2 Å². The number of fused-ring (bicyclic) bond motifs is 6. The Kier molecular flexibility index (Phi) is 9.92. The molecule has 0 N–H and O–H groups in total. The molecule has 0 amide bonds. The smallest absolute Gasteiger partial charge is 0.194 e. The Labute approximate surface area is 396 Å². The van der Waals surface area contributed by atoms with Crippen molar-refractivity contribution in [2.24, 2.45) is 0 Å². The van der Waals surface area contributed by atoms with Crippen LogP contribution < -0.4 is 0 Å². The van der Waals surface area contributed by atoms with Crippen LogP contribution in [0.1, 0.15) is 58.2 Å². The van der Waals surface area contributed by atoms with Crippen molar-refractivity contribution in [2.45, 2.75) is 52.4 Å².